The molecule has 0 aromatic rings. The third-order valence-electron chi connectivity index (χ3n) is 5.06. The van der Waals surface area contributed by atoms with Crippen LogP contribution in [0.4, 0.5) is 0 Å². The van der Waals surface area contributed by atoms with Crippen LogP contribution in [0, 0.1) is 5.92 Å². The average Bonchev–Trinajstić information content (AvgIpc) is 2.77. The smallest absolute Gasteiger partial charge is 0.243 e. The van der Waals surface area contributed by atoms with Crippen LogP contribution in [0.1, 0.15) is 65.2 Å². The third-order valence-corrected chi connectivity index (χ3v) is 5.06. The van der Waals surface area contributed by atoms with Crippen LogP contribution in [0.15, 0.2) is 0 Å². The lowest BCUT2D eigenvalue weighted by Crippen LogP contribution is -2.51. The molecule has 0 radical (unpaired) electrons. The summed E-state index contributed by atoms with van der Waals surface area (Å²) < 4.78 is 0. The van der Waals surface area contributed by atoms with E-state index in [1.165, 1.54) is 38.5 Å². The van der Waals surface area contributed by atoms with E-state index in [2.05, 4.69) is 10.6 Å². The average molecular weight is 360 g/mol. The molecule has 6 heteroatoms. The highest BCUT2D eigenvalue weighted by molar-refractivity contribution is 5.88. The van der Waals surface area contributed by atoms with Gasteiger partial charge in [0.15, 0.2) is 0 Å². The maximum Gasteiger partial charge on any atom is 0.243 e. The molecule has 140 valence electrons. The fourth-order valence-corrected chi connectivity index (χ4v) is 3.82. The molecule has 0 bridgehead atoms. The second kappa shape index (κ2) is 10.9. The molecule has 24 heavy (non-hydrogen) atoms. The van der Waals surface area contributed by atoms with Crippen LogP contribution < -0.4 is 10.6 Å². The van der Waals surface area contributed by atoms with Crippen molar-refractivity contribution in [2.24, 2.45) is 5.92 Å². The first kappa shape index (κ1) is 21.2. The zero-order valence-electron chi connectivity index (χ0n) is 15.2. The molecule has 0 spiro atoms. The highest BCUT2D eigenvalue weighted by Gasteiger charge is 2.34. The lowest BCUT2D eigenvalue weighted by molar-refractivity contribution is -0.139. The summed E-state index contributed by atoms with van der Waals surface area (Å²) in [7, 11) is 0. The summed E-state index contributed by atoms with van der Waals surface area (Å²) in [6, 6.07) is 0.290. The minimum Gasteiger partial charge on any atom is -0.353 e. The van der Waals surface area contributed by atoms with Crippen LogP contribution in [0.3, 0.4) is 0 Å². The van der Waals surface area contributed by atoms with Crippen LogP contribution in [-0.2, 0) is 9.59 Å². The first-order chi connectivity index (χ1) is 11.1. The Hall–Kier alpha value is -0.810. The predicted octanol–water partition coefficient (Wildman–Crippen LogP) is 2.48. The van der Waals surface area contributed by atoms with E-state index in [4.69, 9.17) is 0 Å². The lowest BCUT2D eigenvalue weighted by atomic mass is 10.0. The summed E-state index contributed by atoms with van der Waals surface area (Å²) in [4.78, 5) is 26.2. The van der Waals surface area contributed by atoms with Crippen molar-refractivity contribution in [1.29, 1.82) is 0 Å². The van der Waals surface area contributed by atoms with E-state index in [9.17, 15) is 9.59 Å². The first-order valence-electron chi connectivity index (χ1n) is 9.40. The monoisotopic (exact) mass is 359 g/mol. The molecule has 2 aliphatic rings. The molecule has 5 nitrogen and oxygen atoms in total. The number of rotatable bonds is 7. The molecule has 1 aliphatic carbocycles. The van der Waals surface area contributed by atoms with Crippen molar-refractivity contribution in [3.05, 3.63) is 0 Å². The highest BCUT2D eigenvalue weighted by atomic mass is 35.5. The summed E-state index contributed by atoms with van der Waals surface area (Å²) >= 11 is 0. The Kier molecular flexibility index (Phi) is 9.67. The van der Waals surface area contributed by atoms with Crippen molar-refractivity contribution in [2.45, 2.75) is 77.3 Å². The van der Waals surface area contributed by atoms with Crippen LogP contribution in [0.5, 0.6) is 0 Å². The van der Waals surface area contributed by atoms with Gasteiger partial charge in [0.1, 0.15) is 6.04 Å². The Morgan fingerprint density at radius 2 is 1.79 bits per heavy atom. The Balaban J connectivity index is 0.00000288. The van der Waals surface area contributed by atoms with Gasteiger partial charge >= 0.3 is 0 Å². The number of hydrogen-bond acceptors (Lipinski definition) is 3. The molecule has 1 heterocycles. The fourth-order valence-electron chi connectivity index (χ4n) is 3.82. The van der Waals surface area contributed by atoms with Crippen molar-refractivity contribution >= 4 is 24.2 Å². The molecule has 2 N–H and O–H groups in total. The Morgan fingerprint density at radius 3 is 2.33 bits per heavy atom. The van der Waals surface area contributed by atoms with E-state index in [1.807, 2.05) is 13.8 Å². The summed E-state index contributed by atoms with van der Waals surface area (Å²) in [6.45, 7) is 6.20. The Morgan fingerprint density at radius 1 is 1.12 bits per heavy atom. The van der Waals surface area contributed by atoms with Gasteiger partial charge in [-0.2, -0.15) is 0 Å². The van der Waals surface area contributed by atoms with E-state index in [-0.39, 0.29) is 36.2 Å². The maximum atomic E-state index is 12.5. The Labute approximate surface area is 152 Å². The molecule has 1 saturated carbocycles. The fraction of sp³-hybridized carbons (Fsp3) is 0.889. The van der Waals surface area contributed by atoms with Gasteiger partial charge in [0.05, 0.1) is 0 Å². The van der Waals surface area contributed by atoms with Crippen molar-refractivity contribution in [2.75, 3.05) is 19.6 Å². The number of carbonyl (C=O) groups is 2. The second-order valence-electron chi connectivity index (χ2n) is 7.31. The molecule has 2 fully saturated rings. The molecule has 1 saturated heterocycles. The molecular weight excluding hydrogens is 326 g/mol. The van der Waals surface area contributed by atoms with Gasteiger partial charge in [0.2, 0.25) is 11.8 Å². The molecule has 1 aliphatic heterocycles. The lowest BCUT2D eigenvalue weighted by Gasteiger charge is -2.30. The first-order valence-corrected chi connectivity index (χ1v) is 9.40. The van der Waals surface area contributed by atoms with Gasteiger partial charge in [-0.05, 0) is 25.2 Å². The number of amides is 2. The van der Waals surface area contributed by atoms with Gasteiger partial charge in [-0.1, -0.05) is 39.5 Å². The normalized spacial score (nSPS) is 20.6. The molecule has 0 aromatic heterocycles. The zero-order valence-corrected chi connectivity index (χ0v) is 16.0. The summed E-state index contributed by atoms with van der Waals surface area (Å²) in [6.07, 6.45) is 9.31. The quantitative estimate of drug-likeness (QED) is 0.542. The topological polar surface area (TPSA) is 61.4 Å². The number of carbonyl (C=O) groups excluding carboxylic acids is 2. The van der Waals surface area contributed by atoms with Crippen molar-refractivity contribution in [3.63, 3.8) is 0 Å². The number of likely N-dealkylation sites (tertiary alicyclic amines) is 1. The van der Waals surface area contributed by atoms with Gasteiger partial charge in [-0.15, -0.1) is 12.4 Å². The van der Waals surface area contributed by atoms with Gasteiger partial charge < -0.3 is 15.5 Å². The van der Waals surface area contributed by atoms with Crippen LogP contribution in [0.25, 0.3) is 0 Å². The second-order valence-corrected chi connectivity index (χ2v) is 7.31. The van der Waals surface area contributed by atoms with Gasteiger partial charge in [-0.25, -0.2) is 0 Å². The number of halogens is 1. The zero-order chi connectivity index (χ0) is 16.7. The van der Waals surface area contributed by atoms with Gasteiger partial charge in [-0.3, -0.25) is 9.59 Å². The van der Waals surface area contributed by atoms with Gasteiger partial charge in [0, 0.05) is 32.1 Å². The molecule has 2 rings (SSSR count). The molecule has 1 unspecified atom stereocenters. The standard InChI is InChI=1S/C18H33N3O2.ClH/c1-14(2)17(21-13-7-10-16(21)22)18(23)20-12-11-19-15-8-5-3-4-6-9-15;/h14-15,17,19H,3-13H2,1-2H3,(H,20,23);1H. The van der Waals surface area contributed by atoms with E-state index in [1.54, 1.807) is 4.90 Å². The minimum atomic E-state index is -0.317. The Bertz CT molecular complexity index is 396. The summed E-state index contributed by atoms with van der Waals surface area (Å²) in [5.74, 6) is 0.264. The predicted molar refractivity (Wildman–Crippen MR) is 99.3 cm³/mol. The van der Waals surface area contributed by atoms with Crippen LogP contribution in [0.2, 0.25) is 0 Å². The van der Waals surface area contributed by atoms with Gasteiger partial charge in [0.25, 0.3) is 0 Å². The molecular formula is C18H34ClN3O2. The molecule has 0 aromatic carbocycles. The van der Waals surface area contributed by atoms with Crippen molar-refractivity contribution < 1.29 is 9.59 Å². The van der Waals surface area contributed by atoms with E-state index in [0.29, 0.717) is 19.0 Å². The third kappa shape index (κ3) is 6.25. The van der Waals surface area contributed by atoms with E-state index >= 15 is 0 Å². The van der Waals surface area contributed by atoms with E-state index in [0.717, 1.165) is 19.5 Å². The summed E-state index contributed by atoms with van der Waals surface area (Å²) in [5.41, 5.74) is 0. The largest absolute Gasteiger partial charge is 0.353 e. The minimum absolute atomic E-state index is 0. The SMILES string of the molecule is CC(C)C(C(=O)NCCNC1CCCCCC1)N1CCCC1=O.Cl. The number of nitrogens with one attached hydrogen (secondary N) is 2. The van der Waals surface area contributed by atoms with Crippen molar-refractivity contribution in [1.82, 2.24) is 15.5 Å². The summed E-state index contributed by atoms with van der Waals surface area (Å²) in [5, 5.41) is 6.59. The van der Waals surface area contributed by atoms with Crippen LogP contribution in [-0.4, -0.2) is 48.4 Å². The highest BCUT2D eigenvalue weighted by Crippen LogP contribution is 2.19. The number of nitrogens with zero attached hydrogens (tertiary/aromatic N) is 1. The number of hydrogen-bond donors (Lipinski definition) is 2. The maximum absolute atomic E-state index is 12.5. The van der Waals surface area contributed by atoms with Crippen molar-refractivity contribution in [3.8, 4) is 0 Å². The van der Waals surface area contributed by atoms with E-state index < -0.39 is 0 Å². The van der Waals surface area contributed by atoms with Crippen LogP contribution >= 0.6 is 12.4 Å². The molecule has 2 amide bonds. The molecule has 1 atom stereocenters.